The molecule has 0 saturated heterocycles. The van der Waals surface area contributed by atoms with Gasteiger partial charge in [0.05, 0.1) is 15.6 Å². The second kappa shape index (κ2) is 5.45. The van der Waals surface area contributed by atoms with Crippen LogP contribution in [-0.2, 0) is 5.54 Å². The van der Waals surface area contributed by atoms with Gasteiger partial charge in [0.25, 0.3) is 0 Å². The molecule has 0 bridgehead atoms. The Morgan fingerprint density at radius 3 is 2.58 bits per heavy atom. The van der Waals surface area contributed by atoms with E-state index >= 15 is 0 Å². The molecule has 5 nitrogen and oxygen atoms in total. The molecule has 2 N–H and O–H groups in total. The van der Waals surface area contributed by atoms with Gasteiger partial charge >= 0.3 is 0 Å². The highest BCUT2D eigenvalue weighted by atomic mass is 35.5. The first-order chi connectivity index (χ1) is 9.00. The van der Waals surface area contributed by atoms with Gasteiger partial charge in [0.15, 0.2) is 0 Å². The Morgan fingerprint density at radius 2 is 2.00 bits per heavy atom. The Labute approximate surface area is 121 Å². The van der Waals surface area contributed by atoms with Crippen LogP contribution in [0.15, 0.2) is 16.8 Å². The topological polar surface area (TPSA) is 77.8 Å². The van der Waals surface area contributed by atoms with Gasteiger partial charge in [-0.25, -0.2) is 4.98 Å². The molecule has 0 radical (unpaired) electrons. The standard InChI is InChI=1S/C12H14Cl2N4O/c1-3-12(15,4-2)11-17-10(18-19-11)9-8(14)5-7(13)6-16-9/h5-6H,3-4,15H2,1-2H3. The monoisotopic (exact) mass is 300 g/mol. The third-order valence-electron chi connectivity index (χ3n) is 3.13. The number of nitrogens with zero attached hydrogens (tertiary/aromatic N) is 3. The minimum Gasteiger partial charge on any atom is -0.337 e. The first kappa shape index (κ1) is 14.2. The summed E-state index contributed by atoms with van der Waals surface area (Å²) in [7, 11) is 0. The molecule has 0 aromatic carbocycles. The highest BCUT2D eigenvalue weighted by molar-refractivity contribution is 6.35. The molecule has 0 aliphatic carbocycles. The number of halogens is 2. The minimum absolute atomic E-state index is 0.313. The maximum Gasteiger partial charge on any atom is 0.247 e. The lowest BCUT2D eigenvalue weighted by atomic mass is 9.94. The lowest BCUT2D eigenvalue weighted by Gasteiger charge is -2.20. The van der Waals surface area contributed by atoms with Gasteiger partial charge in [-0.05, 0) is 18.9 Å². The Hall–Kier alpha value is -1.17. The van der Waals surface area contributed by atoms with Crippen LogP contribution in [0.25, 0.3) is 11.5 Å². The Bertz CT molecular complexity index is 581. The molecule has 102 valence electrons. The molecule has 2 rings (SSSR count). The average Bonchev–Trinajstić information content (AvgIpc) is 2.88. The van der Waals surface area contributed by atoms with Crippen LogP contribution in [0, 0.1) is 0 Å². The summed E-state index contributed by atoms with van der Waals surface area (Å²) in [5.74, 6) is 0.703. The summed E-state index contributed by atoms with van der Waals surface area (Å²) in [6.07, 6.45) is 2.88. The van der Waals surface area contributed by atoms with E-state index in [1.807, 2.05) is 13.8 Å². The number of nitrogens with two attached hydrogens (primary N) is 1. The van der Waals surface area contributed by atoms with Crippen LogP contribution in [0.2, 0.25) is 10.0 Å². The van der Waals surface area contributed by atoms with Crippen molar-refractivity contribution in [3.8, 4) is 11.5 Å². The van der Waals surface area contributed by atoms with Crippen molar-refractivity contribution >= 4 is 23.2 Å². The van der Waals surface area contributed by atoms with Crippen LogP contribution >= 0.6 is 23.2 Å². The van der Waals surface area contributed by atoms with Crippen LogP contribution in [0.3, 0.4) is 0 Å². The number of hydrogen-bond donors (Lipinski definition) is 1. The van der Waals surface area contributed by atoms with E-state index in [0.29, 0.717) is 40.3 Å². The Kier molecular flexibility index (Phi) is 4.08. The molecule has 0 atom stereocenters. The largest absolute Gasteiger partial charge is 0.337 e. The summed E-state index contributed by atoms with van der Waals surface area (Å²) in [5, 5.41) is 4.71. The number of aromatic nitrogens is 3. The smallest absolute Gasteiger partial charge is 0.247 e. The van der Waals surface area contributed by atoms with Gasteiger partial charge in [0, 0.05) is 6.20 Å². The highest BCUT2D eigenvalue weighted by Gasteiger charge is 2.30. The molecule has 0 spiro atoms. The van der Waals surface area contributed by atoms with Crippen LogP contribution in [0.4, 0.5) is 0 Å². The summed E-state index contributed by atoms with van der Waals surface area (Å²) >= 11 is 11.9. The van der Waals surface area contributed by atoms with Gasteiger partial charge in [0.2, 0.25) is 11.7 Å². The van der Waals surface area contributed by atoms with Crippen molar-refractivity contribution in [2.45, 2.75) is 32.2 Å². The number of rotatable bonds is 4. The van der Waals surface area contributed by atoms with Crippen LogP contribution in [0.1, 0.15) is 32.6 Å². The maximum atomic E-state index is 6.20. The molecule has 0 fully saturated rings. The predicted molar refractivity (Wildman–Crippen MR) is 74.0 cm³/mol. The first-order valence-corrected chi connectivity index (χ1v) is 6.70. The molecule has 19 heavy (non-hydrogen) atoms. The van der Waals surface area contributed by atoms with E-state index in [0.717, 1.165) is 0 Å². The van der Waals surface area contributed by atoms with Gasteiger partial charge in [-0.15, -0.1) is 0 Å². The third-order valence-corrected chi connectivity index (χ3v) is 3.63. The molecule has 2 heterocycles. The quantitative estimate of drug-likeness (QED) is 0.936. The van der Waals surface area contributed by atoms with Gasteiger partial charge in [-0.1, -0.05) is 42.2 Å². The fraction of sp³-hybridized carbons (Fsp3) is 0.417. The van der Waals surface area contributed by atoms with Crippen molar-refractivity contribution in [3.63, 3.8) is 0 Å². The second-order valence-electron chi connectivity index (χ2n) is 4.27. The highest BCUT2D eigenvalue weighted by Crippen LogP contribution is 2.29. The van der Waals surface area contributed by atoms with E-state index in [-0.39, 0.29) is 0 Å². The lowest BCUT2D eigenvalue weighted by Crippen LogP contribution is -2.35. The van der Waals surface area contributed by atoms with Crippen LogP contribution in [0.5, 0.6) is 0 Å². The zero-order chi connectivity index (χ0) is 14.0. The van der Waals surface area contributed by atoms with E-state index in [1.165, 1.54) is 6.20 Å². The van der Waals surface area contributed by atoms with Crippen LogP contribution < -0.4 is 5.73 Å². The number of pyridine rings is 1. The number of hydrogen-bond acceptors (Lipinski definition) is 5. The molecule has 0 aliphatic heterocycles. The van der Waals surface area contributed by atoms with Crippen molar-refractivity contribution in [3.05, 3.63) is 28.2 Å². The van der Waals surface area contributed by atoms with E-state index in [1.54, 1.807) is 6.07 Å². The van der Waals surface area contributed by atoms with Crippen molar-refractivity contribution in [1.29, 1.82) is 0 Å². The molecular weight excluding hydrogens is 287 g/mol. The second-order valence-corrected chi connectivity index (χ2v) is 5.11. The maximum absolute atomic E-state index is 6.20. The normalized spacial score (nSPS) is 11.8. The SMILES string of the molecule is CCC(N)(CC)c1nc(-c2ncc(Cl)cc2Cl)no1. The average molecular weight is 301 g/mol. The van der Waals surface area contributed by atoms with Gasteiger partial charge in [0.1, 0.15) is 5.69 Å². The molecule has 0 saturated carbocycles. The first-order valence-electron chi connectivity index (χ1n) is 5.94. The van der Waals surface area contributed by atoms with E-state index < -0.39 is 5.54 Å². The van der Waals surface area contributed by atoms with E-state index in [4.69, 9.17) is 33.5 Å². The predicted octanol–water partition coefficient (Wildman–Crippen LogP) is 3.41. The summed E-state index contributed by atoms with van der Waals surface area (Å²) in [6, 6.07) is 1.58. The molecule has 2 aromatic heterocycles. The van der Waals surface area contributed by atoms with Crippen LogP contribution in [-0.4, -0.2) is 15.1 Å². The van der Waals surface area contributed by atoms with Gasteiger partial charge < -0.3 is 10.3 Å². The fourth-order valence-corrected chi connectivity index (χ4v) is 2.12. The van der Waals surface area contributed by atoms with Crippen molar-refractivity contribution in [2.24, 2.45) is 5.73 Å². The minimum atomic E-state index is -0.621. The molecular formula is C12H14Cl2N4O. The molecule has 0 aliphatic rings. The lowest BCUT2D eigenvalue weighted by molar-refractivity contribution is 0.268. The summed E-state index contributed by atoms with van der Waals surface area (Å²) in [6.45, 7) is 3.95. The van der Waals surface area contributed by atoms with Gasteiger partial charge in [-0.2, -0.15) is 4.98 Å². The molecule has 2 aromatic rings. The zero-order valence-corrected chi connectivity index (χ0v) is 12.2. The Morgan fingerprint density at radius 1 is 1.32 bits per heavy atom. The van der Waals surface area contributed by atoms with E-state index in [2.05, 4.69) is 15.1 Å². The van der Waals surface area contributed by atoms with Crippen molar-refractivity contribution in [1.82, 2.24) is 15.1 Å². The summed E-state index contributed by atoms with van der Waals surface area (Å²) < 4.78 is 5.23. The van der Waals surface area contributed by atoms with Crippen molar-refractivity contribution in [2.75, 3.05) is 0 Å². The van der Waals surface area contributed by atoms with Gasteiger partial charge in [-0.3, -0.25) is 0 Å². The molecule has 7 heteroatoms. The summed E-state index contributed by atoms with van der Waals surface area (Å²) in [5.41, 5.74) is 6.01. The zero-order valence-electron chi connectivity index (χ0n) is 10.7. The third kappa shape index (κ3) is 2.73. The molecule has 0 amide bonds. The van der Waals surface area contributed by atoms with E-state index in [9.17, 15) is 0 Å². The Balaban J connectivity index is 2.41. The fourth-order valence-electron chi connectivity index (χ4n) is 1.65. The molecule has 0 unspecified atom stereocenters. The summed E-state index contributed by atoms with van der Waals surface area (Å²) in [4.78, 5) is 8.40. The van der Waals surface area contributed by atoms with Crippen molar-refractivity contribution < 1.29 is 4.52 Å².